The molecule has 5 nitrogen and oxygen atoms in total. The van der Waals surface area contributed by atoms with E-state index in [-0.39, 0.29) is 11.9 Å². The summed E-state index contributed by atoms with van der Waals surface area (Å²) in [7, 11) is 0. The van der Waals surface area contributed by atoms with E-state index < -0.39 is 0 Å². The maximum Gasteiger partial charge on any atom is 0.227 e. The summed E-state index contributed by atoms with van der Waals surface area (Å²) >= 11 is 0. The quantitative estimate of drug-likeness (QED) is 0.660. The van der Waals surface area contributed by atoms with Crippen LogP contribution in [-0.4, -0.2) is 19.1 Å². The molecule has 1 saturated heterocycles. The summed E-state index contributed by atoms with van der Waals surface area (Å²) in [6.45, 7) is 4.23. The SMILES string of the molecule is CC(NCc1cccc(OCCCC#N)c1)c1cccc(N2CCCC2=O)c1. The predicted octanol–water partition coefficient (Wildman–Crippen LogP) is 4.35. The van der Waals surface area contributed by atoms with Gasteiger partial charge in [0.25, 0.3) is 0 Å². The number of nitrogens with one attached hydrogen (secondary N) is 1. The molecule has 1 unspecified atom stereocenters. The molecule has 0 aromatic heterocycles. The van der Waals surface area contributed by atoms with Crippen molar-refractivity contribution in [1.29, 1.82) is 5.26 Å². The highest BCUT2D eigenvalue weighted by molar-refractivity contribution is 5.95. The van der Waals surface area contributed by atoms with Crippen LogP contribution in [0, 0.1) is 11.3 Å². The van der Waals surface area contributed by atoms with E-state index in [1.54, 1.807) is 0 Å². The van der Waals surface area contributed by atoms with Crippen molar-refractivity contribution in [3.05, 3.63) is 59.7 Å². The van der Waals surface area contributed by atoms with Gasteiger partial charge in [-0.3, -0.25) is 4.79 Å². The lowest BCUT2D eigenvalue weighted by Crippen LogP contribution is -2.24. The Labute approximate surface area is 166 Å². The van der Waals surface area contributed by atoms with Gasteiger partial charge in [0.05, 0.1) is 12.7 Å². The molecule has 2 aromatic carbocycles. The number of benzene rings is 2. The number of amides is 1. The molecule has 0 spiro atoms. The molecule has 1 amide bonds. The standard InChI is InChI=1S/C23H27N3O2/c1-18(20-8-5-9-21(16-20)26-13-6-11-23(26)27)25-17-19-7-4-10-22(15-19)28-14-3-2-12-24/h4-5,7-10,15-16,18,25H,2-3,6,11,13-14,17H2,1H3. The van der Waals surface area contributed by atoms with E-state index in [0.29, 0.717) is 19.4 Å². The first kappa shape index (κ1) is 19.9. The lowest BCUT2D eigenvalue weighted by Gasteiger charge is -2.20. The van der Waals surface area contributed by atoms with Crippen LogP contribution in [0.15, 0.2) is 48.5 Å². The summed E-state index contributed by atoms with van der Waals surface area (Å²) < 4.78 is 5.71. The highest BCUT2D eigenvalue weighted by Gasteiger charge is 2.22. The zero-order valence-electron chi connectivity index (χ0n) is 16.4. The first-order valence-corrected chi connectivity index (χ1v) is 9.90. The molecule has 0 aliphatic carbocycles. The van der Waals surface area contributed by atoms with Crippen molar-refractivity contribution in [2.75, 3.05) is 18.1 Å². The van der Waals surface area contributed by atoms with Crippen molar-refractivity contribution < 1.29 is 9.53 Å². The van der Waals surface area contributed by atoms with Gasteiger partial charge in [-0.2, -0.15) is 5.26 Å². The van der Waals surface area contributed by atoms with Crippen LogP contribution < -0.4 is 15.0 Å². The molecule has 0 bridgehead atoms. The van der Waals surface area contributed by atoms with E-state index in [0.717, 1.165) is 42.9 Å². The van der Waals surface area contributed by atoms with Crippen LogP contribution in [-0.2, 0) is 11.3 Å². The molecule has 1 heterocycles. The molecule has 1 fully saturated rings. The van der Waals surface area contributed by atoms with Gasteiger partial charge < -0.3 is 15.0 Å². The fraction of sp³-hybridized carbons (Fsp3) is 0.391. The highest BCUT2D eigenvalue weighted by Crippen LogP contribution is 2.25. The van der Waals surface area contributed by atoms with Crippen molar-refractivity contribution in [3.8, 4) is 11.8 Å². The van der Waals surface area contributed by atoms with Gasteiger partial charge in [0, 0.05) is 37.7 Å². The first-order valence-electron chi connectivity index (χ1n) is 9.90. The normalized spacial score (nSPS) is 14.7. The molecule has 1 N–H and O–H groups in total. The Morgan fingerprint density at radius 2 is 2.11 bits per heavy atom. The van der Waals surface area contributed by atoms with E-state index in [4.69, 9.17) is 10.00 Å². The highest BCUT2D eigenvalue weighted by atomic mass is 16.5. The van der Waals surface area contributed by atoms with Crippen molar-refractivity contribution in [2.24, 2.45) is 0 Å². The van der Waals surface area contributed by atoms with Gasteiger partial charge in [-0.25, -0.2) is 0 Å². The second-order valence-electron chi connectivity index (χ2n) is 7.10. The Morgan fingerprint density at radius 3 is 2.89 bits per heavy atom. The Bertz CT molecular complexity index is 844. The fourth-order valence-corrected chi connectivity index (χ4v) is 3.36. The number of carbonyl (C=O) groups excluding carboxylic acids is 1. The minimum absolute atomic E-state index is 0.165. The van der Waals surface area contributed by atoms with Gasteiger partial charge >= 0.3 is 0 Å². The number of hydrogen-bond donors (Lipinski definition) is 1. The number of carbonyl (C=O) groups is 1. The van der Waals surface area contributed by atoms with Crippen LogP contribution in [0.1, 0.15) is 49.8 Å². The molecule has 28 heavy (non-hydrogen) atoms. The molecule has 0 radical (unpaired) electrons. The second kappa shape index (κ2) is 9.91. The topological polar surface area (TPSA) is 65.4 Å². The van der Waals surface area contributed by atoms with Gasteiger partial charge in [-0.1, -0.05) is 24.3 Å². The maximum absolute atomic E-state index is 12.0. The molecular formula is C23H27N3O2. The van der Waals surface area contributed by atoms with Crippen LogP contribution in [0.4, 0.5) is 5.69 Å². The monoisotopic (exact) mass is 377 g/mol. The lowest BCUT2D eigenvalue weighted by molar-refractivity contribution is -0.117. The number of anilines is 1. The van der Waals surface area contributed by atoms with Crippen LogP contribution in [0.3, 0.4) is 0 Å². The Morgan fingerprint density at radius 1 is 1.25 bits per heavy atom. The molecule has 1 aliphatic rings. The summed E-state index contributed by atoms with van der Waals surface area (Å²) in [6.07, 6.45) is 2.84. The van der Waals surface area contributed by atoms with Crippen LogP contribution in [0.25, 0.3) is 0 Å². The number of nitrogens with zero attached hydrogens (tertiary/aromatic N) is 2. The van der Waals surface area contributed by atoms with Crippen molar-refractivity contribution in [3.63, 3.8) is 0 Å². The molecule has 3 rings (SSSR count). The van der Waals surface area contributed by atoms with E-state index in [1.807, 2.05) is 35.2 Å². The predicted molar refractivity (Wildman–Crippen MR) is 110 cm³/mol. The molecule has 146 valence electrons. The van der Waals surface area contributed by atoms with Gasteiger partial charge in [0.1, 0.15) is 5.75 Å². The Hall–Kier alpha value is -2.84. The third kappa shape index (κ3) is 5.34. The van der Waals surface area contributed by atoms with Crippen molar-refractivity contribution in [1.82, 2.24) is 5.32 Å². The van der Waals surface area contributed by atoms with Crippen molar-refractivity contribution in [2.45, 2.75) is 45.2 Å². The van der Waals surface area contributed by atoms with E-state index in [1.165, 1.54) is 5.56 Å². The molecule has 5 heteroatoms. The van der Waals surface area contributed by atoms with Crippen molar-refractivity contribution >= 4 is 11.6 Å². The molecule has 1 aliphatic heterocycles. The summed E-state index contributed by atoms with van der Waals surface area (Å²) in [6, 6.07) is 18.5. The zero-order chi connectivity index (χ0) is 19.8. The minimum atomic E-state index is 0.165. The summed E-state index contributed by atoms with van der Waals surface area (Å²) in [5, 5.41) is 12.1. The number of nitriles is 1. The van der Waals surface area contributed by atoms with Gasteiger partial charge in [-0.15, -0.1) is 0 Å². The third-order valence-corrected chi connectivity index (χ3v) is 4.97. The molecule has 0 saturated carbocycles. The molecule has 1 atom stereocenters. The minimum Gasteiger partial charge on any atom is -0.494 e. The number of unbranched alkanes of at least 4 members (excludes halogenated alkanes) is 1. The van der Waals surface area contributed by atoms with Crippen LogP contribution >= 0.6 is 0 Å². The number of rotatable bonds is 9. The lowest BCUT2D eigenvalue weighted by atomic mass is 10.1. The Balaban J connectivity index is 1.56. The van der Waals surface area contributed by atoms with E-state index in [2.05, 4.69) is 36.5 Å². The van der Waals surface area contributed by atoms with Gasteiger partial charge in [0.15, 0.2) is 0 Å². The average Bonchev–Trinajstić information content (AvgIpc) is 3.16. The summed E-state index contributed by atoms with van der Waals surface area (Å²) in [4.78, 5) is 13.9. The van der Waals surface area contributed by atoms with Crippen LogP contribution in [0.5, 0.6) is 5.75 Å². The molecule has 2 aromatic rings. The number of hydrogen-bond acceptors (Lipinski definition) is 4. The largest absolute Gasteiger partial charge is 0.494 e. The van der Waals surface area contributed by atoms with Gasteiger partial charge in [0.2, 0.25) is 5.91 Å². The smallest absolute Gasteiger partial charge is 0.227 e. The fourth-order valence-electron chi connectivity index (χ4n) is 3.36. The number of ether oxygens (including phenoxy) is 1. The molecular weight excluding hydrogens is 350 g/mol. The van der Waals surface area contributed by atoms with Gasteiger partial charge in [-0.05, 0) is 55.2 Å². The summed E-state index contributed by atoms with van der Waals surface area (Å²) in [5.74, 6) is 1.05. The Kier molecular flexibility index (Phi) is 7.05. The average molecular weight is 377 g/mol. The zero-order valence-corrected chi connectivity index (χ0v) is 16.4. The first-order chi connectivity index (χ1) is 13.7. The third-order valence-electron chi connectivity index (χ3n) is 4.97. The van der Waals surface area contributed by atoms with E-state index >= 15 is 0 Å². The second-order valence-corrected chi connectivity index (χ2v) is 7.10. The summed E-state index contributed by atoms with van der Waals surface area (Å²) in [5.41, 5.74) is 3.30. The maximum atomic E-state index is 12.0. The van der Waals surface area contributed by atoms with Crippen LogP contribution in [0.2, 0.25) is 0 Å². The van der Waals surface area contributed by atoms with E-state index in [9.17, 15) is 4.79 Å².